The molecule has 2 aromatic rings. The van der Waals surface area contributed by atoms with Gasteiger partial charge in [-0.25, -0.2) is 4.98 Å². The van der Waals surface area contributed by atoms with Crippen LogP contribution in [0.2, 0.25) is 0 Å². The maximum absolute atomic E-state index is 12.6. The summed E-state index contributed by atoms with van der Waals surface area (Å²) < 4.78 is 0. The van der Waals surface area contributed by atoms with Crippen LogP contribution in [0.4, 0.5) is 0 Å². The fraction of sp³-hybridized carbons (Fsp3) is 0.421. The molecule has 1 aromatic heterocycles. The van der Waals surface area contributed by atoms with E-state index in [9.17, 15) is 9.90 Å². The number of phenols is 1. The summed E-state index contributed by atoms with van der Waals surface area (Å²) >= 11 is 1.30. The van der Waals surface area contributed by atoms with Gasteiger partial charge >= 0.3 is 0 Å². The Balaban J connectivity index is 0.00000261. The predicted molar refractivity (Wildman–Crippen MR) is 108 cm³/mol. The van der Waals surface area contributed by atoms with Crippen molar-refractivity contribution < 1.29 is 9.90 Å². The Labute approximate surface area is 169 Å². The molecular weight excluding hydrogens is 384 g/mol. The van der Waals surface area contributed by atoms with Crippen LogP contribution in [0, 0.1) is 18.3 Å². The molecule has 1 aliphatic heterocycles. The van der Waals surface area contributed by atoms with Crippen molar-refractivity contribution in [2.45, 2.75) is 39.2 Å². The number of halogens is 1. The standard InChI is InChI=1S/C19H22N4O2S.ClH/c1-3-15-5-4-8-23(15)11-21-18(25)17-12(2)22-19(26-17)13-6-7-16(24)14(9-13)10-20;/h6-7,9,15,24H,3-5,8,11H2,1-2H3,(H,21,25);1H. The van der Waals surface area contributed by atoms with Crippen molar-refractivity contribution in [1.82, 2.24) is 15.2 Å². The minimum atomic E-state index is -0.118. The van der Waals surface area contributed by atoms with E-state index >= 15 is 0 Å². The largest absolute Gasteiger partial charge is 0.507 e. The molecule has 0 radical (unpaired) electrons. The lowest BCUT2D eigenvalue weighted by molar-refractivity contribution is 0.0920. The van der Waals surface area contributed by atoms with E-state index in [-0.39, 0.29) is 29.6 Å². The summed E-state index contributed by atoms with van der Waals surface area (Å²) in [5.41, 5.74) is 1.58. The lowest BCUT2D eigenvalue weighted by Crippen LogP contribution is -2.40. The first kappa shape index (κ1) is 21.2. The molecule has 6 nitrogen and oxygen atoms in total. The lowest BCUT2D eigenvalue weighted by Gasteiger charge is -2.23. The van der Waals surface area contributed by atoms with Gasteiger partial charge in [-0.3, -0.25) is 9.69 Å². The predicted octanol–water partition coefficient (Wildman–Crippen LogP) is 3.68. The molecule has 0 bridgehead atoms. The molecule has 1 saturated heterocycles. The second-order valence-corrected chi connectivity index (χ2v) is 7.46. The normalized spacial score (nSPS) is 16.6. The summed E-state index contributed by atoms with van der Waals surface area (Å²) in [4.78, 5) is 19.9. The molecule has 3 rings (SSSR count). The molecule has 8 heteroatoms. The van der Waals surface area contributed by atoms with Crippen molar-refractivity contribution >= 4 is 29.7 Å². The quantitative estimate of drug-likeness (QED) is 0.790. The number of carbonyl (C=O) groups is 1. The van der Waals surface area contributed by atoms with Gasteiger partial charge in [0, 0.05) is 18.2 Å². The SMILES string of the molecule is CCC1CCCN1CNC(=O)c1sc(-c2ccc(O)c(C#N)c2)nc1C.Cl. The Kier molecular flexibility index (Phi) is 7.19. The highest BCUT2D eigenvalue weighted by Crippen LogP contribution is 2.30. The molecular formula is C19H23ClN4O2S. The molecule has 27 heavy (non-hydrogen) atoms. The first-order valence-electron chi connectivity index (χ1n) is 8.76. The number of nitriles is 1. The Bertz CT molecular complexity index is 862. The molecule has 1 amide bonds. The van der Waals surface area contributed by atoms with Crippen LogP contribution in [-0.4, -0.2) is 40.2 Å². The Morgan fingerprint density at radius 2 is 2.30 bits per heavy atom. The number of thiazole rings is 1. The molecule has 144 valence electrons. The fourth-order valence-electron chi connectivity index (χ4n) is 3.31. The van der Waals surface area contributed by atoms with E-state index in [4.69, 9.17) is 5.26 Å². The summed E-state index contributed by atoms with van der Waals surface area (Å²) in [5.74, 6) is -0.175. The van der Waals surface area contributed by atoms with Crippen LogP contribution in [0.15, 0.2) is 18.2 Å². The number of likely N-dealkylation sites (tertiary alicyclic amines) is 1. The second-order valence-electron chi connectivity index (χ2n) is 6.46. The number of aromatic hydroxyl groups is 1. The van der Waals surface area contributed by atoms with Gasteiger partial charge in [0.1, 0.15) is 21.7 Å². The average molecular weight is 407 g/mol. The molecule has 1 atom stereocenters. The Morgan fingerprint density at radius 1 is 1.52 bits per heavy atom. The molecule has 1 aliphatic rings. The van der Waals surface area contributed by atoms with Gasteiger partial charge in [0.2, 0.25) is 0 Å². The van der Waals surface area contributed by atoms with Crippen molar-refractivity contribution in [2.75, 3.05) is 13.2 Å². The fourth-order valence-corrected chi connectivity index (χ4v) is 4.29. The summed E-state index contributed by atoms with van der Waals surface area (Å²) in [6.07, 6.45) is 3.47. The molecule has 1 fully saturated rings. The molecule has 0 spiro atoms. The third-order valence-corrected chi connectivity index (χ3v) is 5.99. The van der Waals surface area contributed by atoms with Crippen LogP contribution >= 0.6 is 23.7 Å². The molecule has 2 heterocycles. The van der Waals surface area contributed by atoms with Gasteiger partial charge in [-0.05, 0) is 44.4 Å². The Hall–Kier alpha value is -2.14. The third-order valence-electron chi connectivity index (χ3n) is 4.78. The number of nitrogens with zero attached hydrogens (tertiary/aromatic N) is 3. The van der Waals surface area contributed by atoms with Gasteiger partial charge in [-0.1, -0.05) is 6.92 Å². The van der Waals surface area contributed by atoms with Crippen LogP contribution < -0.4 is 5.32 Å². The molecule has 0 saturated carbocycles. The zero-order chi connectivity index (χ0) is 18.7. The van der Waals surface area contributed by atoms with Gasteiger partial charge in [0.15, 0.2) is 0 Å². The van der Waals surface area contributed by atoms with Crippen molar-refractivity contribution in [3.8, 4) is 22.4 Å². The minimum Gasteiger partial charge on any atom is -0.507 e. The van der Waals surface area contributed by atoms with Gasteiger partial charge in [-0.15, -0.1) is 23.7 Å². The van der Waals surface area contributed by atoms with E-state index in [1.165, 1.54) is 30.2 Å². The third kappa shape index (κ3) is 4.59. The van der Waals surface area contributed by atoms with Gasteiger partial charge in [0.05, 0.1) is 17.9 Å². The number of phenolic OH excluding ortho intramolecular Hbond substituents is 1. The van der Waals surface area contributed by atoms with Crippen LogP contribution in [0.5, 0.6) is 5.75 Å². The van der Waals surface area contributed by atoms with E-state index in [1.807, 2.05) is 13.0 Å². The highest BCUT2D eigenvalue weighted by Gasteiger charge is 2.24. The maximum Gasteiger partial charge on any atom is 0.264 e. The number of nitrogens with one attached hydrogen (secondary N) is 1. The molecule has 2 N–H and O–H groups in total. The first-order chi connectivity index (χ1) is 12.5. The van der Waals surface area contributed by atoms with E-state index in [0.29, 0.717) is 28.3 Å². The monoisotopic (exact) mass is 406 g/mol. The number of aryl methyl sites for hydroxylation is 1. The average Bonchev–Trinajstić information content (AvgIpc) is 3.26. The van der Waals surface area contributed by atoms with Gasteiger partial charge < -0.3 is 10.4 Å². The van der Waals surface area contributed by atoms with Crippen molar-refractivity contribution in [1.29, 1.82) is 5.26 Å². The summed E-state index contributed by atoms with van der Waals surface area (Å²) in [5, 5.41) is 22.4. The second kappa shape index (κ2) is 9.18. The summed E-state index contributed by atoms with van der Waals surface area (Å²) in [6.45, 7) is 5.57. The minimum absolute atomic E-state index is 0. The van der Waals surface area contributed by atoms with E-state index in [0.717, 1.165) is 18.5 Å². The zero-order valence-corrected chi connectivity index (χ0v) is 17.0. The maximum atomic E-state index is 12.6. The number of hydrogen-bond donors (Lipinski definition) is 2. The van der Waals surface area contributed by atoms with Crippen molar-refractivity contribution in [3.63, 3.8) is 0 Å². The smallest absolute Gasteiger partial charge is 0.264 e. The van der Waals surface area contributed by atoms with E-state index in [1.54, 1.807) is 12.1 Å². The van der Waals surface area contributed by atoms with Crippen molar-refractivity contribution in [2.24, 2.45) is 0 Å². The number of hydrogen-bond acceptors (Lipinski definition) is 6. The topological polar surface area (TPSA) is 89.3 Å². The Morgan fingerprint density at radius 3 is 3.00 bits per heavy atom. The molecule has 0 aliphatic carbocycles. The number of benzene rings is 1. The zero-order valence-electron chi connectivity index (χ0n) is 15.4. The van der Waals surface area contributed by atoms with E-state index in [2.05, 4.69) is 22.1 Å². The molecule has 1 unspecified atom stereocenters. The number of rotatable bonds is 5. The highest BCUT2D eigenvalue weighted by molar-refractivity contribution is 7.17. The molecule has 1 aromatic carbocycles. The summed E-state index contributed by atoms with van der Waals surface area (Å²) in [7, 11) is 0. The van der Waals surface area contributed by atoms with Gasteiger partial charge in [-0.2, -0.15) is 5.26 Å². The van der Waals surface area contributed by atoms with Crippen LogP contribution in [0.1, 0.15) is 47.1 Å². The van der Waals surface area contributed by atoms with Crippen LogP contribution in [0.25, 0.3) is 10.6 Å². The number of aromatic nitrogens is 1. The van der Waals surface area contributed by atoms with Crippen LogP contribution in [0.3, 0.4) is 0 Å². The number of carbonyl (C=O) groups excluding carboxylic acids is 1. The highest BCUT2D eigenvalue weighted by atomic mass is 35.5. The first-order valence-corrected chi connectivity index (χ1v) is 9.58. The van der Waals surface area contributed by atoms with Crippen molar-refractivity contribution in [3.05, 3.63) is 34.3 Å². The van der Waals surface area contributed by atoms with E-state index < -0.39 is 0 Å². The summed E-state index contributed by atoms with van der Waals surface area (Å²) in [6, 6.07) is 7.27. The van der Waals surface area contributed by atoms with Gasteiger partial charge in [0.25, 0.3) is 5.91 Å². The van der Waals surface area contributed by atoms with Crippen LogP contribution in [-0.2, 0) is 0 Å². The number of amides is 1. The lowest BCUT2D eigenvalue weighted by atomic mass is 10.1.